The van der Waals surface area contributed by atoms with Crippen molar-refractivity contribution in [1.82, 2.24) is 10.0 Å². The number of piperidine rings is 1. The zero-order valence-corrected chi connectivity index (χ0v) is 9.69. The maximum absolute atomic E-state index is 11.5. The Kier molecular flexibility index (Phi) is 5.21. The largest absolute Gasteiger partial charge is 0.448 e. The van der Waals surface area contributed by atoms with Crippen LogP contribution in [0.5, 0.6) is 0 Å². The summed E-state index contributed by atoms with van der Waals surface area (Å²) in [6.45, 7) is 4.16. The third kappa shape index (κ3) is 3.18. The highest BCUT2D eigenvalue weighted by Gasteiger charge is 2.26. The van der Waals surface area contributed by atoms with E-state index in [0.717, 1.165) is 25.7 Å². The normalized spacial score (nSPS) is 21.5. The van der Waals surface area contributed by atoms with Gasteiger partial charge in [-0.2, -0.15) is 5.01 Å². The molecule has 16 heavy (non-hydrogen) atoms. The molecule has 1 atom stereocenters. The SMILES string of the molecule is CCOC(=O)N(C=N)N1CCCC(CN)C1. The van der Waals surface area contributed by atoms with Crippen molar-refractivity contribution in [2.45, 2.75) is 19.8 Å². The lowest BCUT2D eigenvalue weighted by Crippen LogP contribution is -2.51. The molecule has 1 unspecified atom stereocenters. The fourth-order valence-corrected chi connectivity index (χ4v) is 1.87. The Balaban J connectivity index is 2.57. The van der Waals surface area contributed by atoms with Crippen LogP contribution in [0.15, 0.2) is 0 Å². The van der Waals surface area contributed by atoms with Crippen LogP contribution >= 0.6 is 0 Å². The lowest BCUT2D eigenvalue weighted by atomic mass is 9.99. The average Bonchev–Trinajstić information content (AvgIpc) is 2.31. The van der Waals surface area contributed by atoms with Gasteiger partial charge in [-0.3, -0.25) is 5.41 Å². The zero-order chi connectivity index (χ0) is 12.0. The molecule has 0 saturated carbocycles. The van der Waals surface area contributed by atoms with Gasteiger partial charge in [0.15, 0.2) is 0 Å². The highest BCUT2D eigenvalue weighted by Crippen LogP contribution is 2.16. The van der Waals surface area contributed by atoms with Gasteiger partial charge < -0.3 is 10.5 Å². The molecule has 1 fully saturated rings. The molecule has 6 heteroatoms. The molecule has 0 aromatic carbocycles. The molecule has 6 nitrogen and oxygen atoms in total. The third-order valence-corrected chi connectivity index (χ3v) is 2.71. The predicted molar refractivity (Wildman–Crippen MR) is 61.0 cm³/mol. The molecule has 0 aromatic heterocycles. The highest BCUT2D eigenvalue weighted by atomic mass is 16.6. The van der Waals surface area contributed by atoms with Crippen LogP contribution in [0.1, 0.15) is 19.8 Å². The van der Waals surface area contributed by atoms with E-state index < -0.39 is 6.09 Å². The van der Waals surface area contributed by atoms with Crippen molar-refractivity contribution in [3.8, 4) is 0 Å². The summed E-state index contributed by atoms with van der Waals surface area (Å²) in [4.78, 5) is 11.5. The first kappa shape index (κ1) is 12.9. The Morgan fingerprint density at radius 1 is 1.75 bits per heavy atom. The molecule has 0 radical (unpaired) electrons. The summed E-state index contributed by atoms with van der Waals surface area (Å²) < 4.78 is 4.88. The maximum atomic E-state index is 11.5. The number of hydrogen-bond acceptors (Lipinski definition) is 5. The van der Waals surface area contributed by atoms with Gasteiger partial charge in [0.2, 0.25) is 0 Å². The van der Waals surface area contributed by atoms with Gasteiger partial charge in [0.25, 0.3) is 0 Å². The lowest BCUT2D eigenvalue weighted by molar-refractivity contribution is 0.00430. The molecule has 1 amide bonds. The van der Waals surface area contributed by atoms with Crippen LogP contribution in [-0.4, -0.2) is 48.7 Å². The molecule has 0 aromatic rings. The minimum absolute atomic E-state index is 0.317. The van der Waals surface area contributed by atoms with E-state index in [4.69, 9.17) is 15.9 Å². The second-order valence-electron chi connectivity index (χ2n) is 3.83. The number of nitrogens with one attached hydrogen (secondary N) is 1. The molecule has 0 aliphatic carbocycles. The number of amides is 1. The number of nitrogens with two attached hydrogens (primary N) is 1. The molecule has 0 spiro atoms. The van der Waals surface area contributed by atoms with E-state index in [1.54, 1.807) is 6.92 Å². The van der Waals surface area contributed by atoms with Crippen LogP contribution in [0.3, 0.4) is 0 Å². The molecule has 0 bridgehead atoms. The standard InChI is InChI=1S/C10H20N4O2/c1-2-16-10(15)14(8-12)13-5-3-4-9(6-11)7-13/h8-9,12H,2-7,11H2,1H3. The second kappa shape index (κ2) is 6.44. The summed E-state index contributed by atoms with van der Waals surface area (Å²) in [5.74, 6) is 0.394. The van der Waals surface area contributed by atoms with Crippen LogP contribution < -0.4 is 5.73 Å². The summed E-state index contributed by atoms with van der Waals surface area (Å²) in [6, 6.07) is 0. The number of nitrogens with zero attached hydrogens (tertiary/aromatic N) is 2. The van der Waals surface area contributed by atoms with Gasteiger partial charge in [-0.25, -0.2) is 9.80 Å². The summed E-state index contributed by atoms with van der Waals surface area (Å²) in [6.07, 6.45) is 2.58. The average molecular weight is 228 g/mol. The fourth-order valence-electron chi connectivity index (χ4n) is 1.87. The Morgan fingerprint density at radius 2 is 2.50 bits per heavy atom. The zero-order valence-electron chi connectivity index (χ0n) is 9.69. The molecule has 92 valence electrons. The van der Waals surface area contributed by atoms with E-state index in [-0.39, 0.29) is 0 Å². The van der Waals surface area contributed by atoms with Crippen LogP contribution in [0, 0.1) is 11.3 Å². The molecule has 1 aliphatic rings. The monoisotopic (exact) mass is 228 g/mol. The van der Waals surface area contributed by atoms with Gasteiger partial charge in [0, 0.05) is 13.1 Å². The minimum Gasteiger partial charge on any atom is -0.448 e. The highest BCUT2D eigenvalue weighted by molar-refractivity contribution is 5.80. The lowest BCUT2D eigenvalue weighted by Gasteiger charge is -2.36. The Hall–Kier alpha value is -1.14. The van der Waals surface area contributed by atoms with Crippen molar-refractivity contribution in [3.63, 3.8) is 0 Å². The van der Waals surface area contributed by atoms with Crippen molar-refractivity contribution < 1.29 is 9.53 Å². The van der Waals surface area contributed by atoms with Crippen molar-refractivity contribution in [2.75, 3.05) is 26.2 Å². The quantitative estimate of drug-likeness (QED) is 0.546. The number of hydrazine groups is 1. The van der Waals surface area contributed by atoms with E-state index >= 15 is 0 Å². The van der Waals surface area contributed by atoms with Crippen LogP contribution in [0.25, 0.3) is 0 Å². The number of rotatable bonds is 4. The van der Waals surface area contributed by atoms with Crippen molar-refractivity contribution in [3.05, 3.63) is 0 Å². The molecule has 1 heterocycles. The topological polar surface area (TPSA) is 82.7 Å². The van der Waals surface area contributed by atoms with E-state index in [1.807, 2.05) is 5.01 Å². The summed E-state index contributed by atoms with van der Waals surface area (Å²) in [5, 5.41) is 10.3. The van der Waals surface area contributed by atoms with Gasteiger partial charge >= 0.3 is 6.09 Å². The van der Waals surface area contributed by atoms with Crippen LogP contribution in [-0.2, 0) is 4.74 Å². The smallest absolute Gasteiger partial charge is 0.430 e. The van der Waals surface area contributed by atoms with Crippen LogP contribution in [0.2, 0.25) is 0 Å². The van der Waals surface area contributed by atoms with Gasteiger partial charge in [0.1, 0.15) is 6.34 Å². The Morgan fingerprint density at radius 3 is 3.06 bits per heavy atom. The summed E-state index contributed by atoms with van der Waals surface area (Å²) >= 11 is 0. The second-order valence-corrected chi connectivity index (χ2v) is 3.83. The first-order chi connectivity index (χ1) is 7.72. The molecule has 3 N–H and O–H groups in total. The number of ether oxygens (including phenoxy) is 1. The summed E-state index contributed by atoms with van der Waals surface area (Å²) in [7, 11) is 0. The number of hydrogen-bond donors (Lipinski definition) is 2. The first-order valence-electron chi connectivity index (χ1n) is 5.64. The van der Waals surface area contributed by atoms with E-state index in [1.165, 1.54) is 5.01 Å². The molecule has 1 rings (SSSR count). The van der Waals surface area contributed by atoms with E-state index in [2.05, 4.69) is 0 Å². The number of carbonyl (C=O) groups is 1. The molecule has 1 saturated heterocycles. The van der Waals surface area contributed by atoms with Crippen LogP contribution in [0.4, 0.5) is 4.79 Å². The first-order valence-corrected chi connectivity index (χ1v) is 5.64. The van der Waals surface area contributed by atoms with Gasteiger partial charge in [-0.05, 0) is 32.2 Å². The molecular formula is C10H20N4O2. The van der Waals surface area contributed by atoms with Gasteiger partial charge in [-0.1, -0.05) is 0 Å². The number of carbonyl (C=O) groups excluding carboxylic acids is 1. The van der Waals surface area contributed by atoms with Crippen molar-refractivity contribution in [1.29, 1.82) is 5.41 Å². The van der Waals surface area contributed by atoms with Crippen molar-refractivity contribution >= 4 is 12.4 Å². The third-order valence-electron chi connectivity index (χ3n) is 2.71. The predicted octanol–water partition coefficient (Wildman–Crippen LogP) is 0.638. The Bertz CT molecular complexity index is 247. The van der Waals surface area contributed by atoms with E-state index in [0.29, 0.717) is 25.6 Å². The fraction of sp³-hybridized carbons (Fsp3) is 0.800. The van der Waals surface area contributed by atoms with Crippen molar-refractivity contribution in [2.24, 2.45) is 11.7 Å². The molecule has 1 aliphatic heterocycles. The minimum atomic E-state index is -0.491. The maximum Gasteiger partial charge on any atom is 0.430 e. The van der Waals surface area contributed by atoms with E-state index in [9.17, 15) is 4.79 Å². The molecular weight excluding hydrogens is 208 g/mol. The van der Waals surface area contributed by atoms with Gasteiger partial charge in [0.05, 0.1) is 6.61 Å². The van der Waals surface area contributed by atoms with Gasteiger partial charge in [-0.15, -0.1) is 0 Å². The Labute approximate surface area is 95.8 Å². The summed E-state index contributed by atoms with van der Waals surface area (Å²) in [5.41, 5.74) is 5.62.